The van der Waals surface area contributed by atoms with Crippen molar-refractivity contribution in [2.45, 2.75) is 54.0 Å². The molecule has 0 aliphatic rings. The standard InChI is InChI=1S/C21H30ClN3O2/c1-14(2)13-25-17(5)19(16(4)24-25)12-21(26)23-9-6-10-27-20-8-7-18(22)11-15(20)3/h7-8,11,14H,6,9-10,12-13H2,1-5H3,(H,23,26). The van der Waals surface area contributed by atoms with Crippen molar-refractivity contribution in [1.82, 2.24) is 15.1 Å². The van der Waals surface area contributed by atoms with Gasteiger partial charge in [-0.05, 0) is 56.9 Å². The van der Waals surface area contributed by atoms with Crippen LogP contribution in [0.2, 0.25) is 5.02 Å². The molecule has 1 aromatic heterocycles. The van der Waals surface area contributed by atoms with Gasteiger partial charge < -0.3 is 10.1 Å². The molecular formula is C21H30ClN3O2. The molecule has 1 aromatic carbocycles. The van der Waals surface area contributed by atoms with Crippen molar-refractivity contribution in [2.24, 2.45) is 5.92 Å². The van der Waals surface area contributed by atoms with E-state index in [0.717, 1.165) is 41.2 Å². The van der Waals surface area contributed by atoms with E-state index >= 15 is 0 Å². The van der Waals surface area contributed by atoms with E-state index in [-0.39, 0.29) is 5.91 Å². The monoisotopic (exact) mass is 391 g/mol. The van der Waals surface area contributed by atoms with Crippen LogP contribution in [0.1, 0.15) is 42.8 Å². The van der Waals surface area contributed by atoms with E-state index in [1.54, 1.807) is 0 Å². The van der Waals surface area contributed by atoms with Crippen LogP contribution in [0.3, 0.4) is 0 Å². The number of ether oxygens (including phenoxy) is 1. The third-order valence-corrected chi connectivity index (χ3v) is 4.68. The molecule has 6 heteroatoms. The number of carbonyl (C=O) groups excluding carboxylic acids is 1. The highest BCUT2D eigenvalue weighted by atomic mass is 35.5. The van der Waals surface area contributed by atoms with Crippen molar-refractivity contribution in [1.29, 1.82) is 0 Å². The molecule has 0 saturated heterocycles. The van der Waals surface area contributed by atoms with Gasteiger partial charge in [0.2, 0.25) is 5.91 Å². The first-order valence-electron chi connectivity index (χ1n) is 9.46. The van der Waals surface area contributed by atoms with Crippen molar-refractivity contribution in [3.05, 3.63) is 45.7 Å². The maximum atomic E-state index is 12.3. The Labute approximate surface area is 167 Å². The van der Waals surface area contributed by atoms with Crippen molar-refractivity contribution in [3.63, 3.8) is 0 Å². The normalized spacial score (nSPS) is 11.1. The fraction of sp³-hybridized carbons (Fsp3) is 0.524. The van der Waals surface area contributed by atoms with Gasteiger partial charge in [-0.25, -0.2) is 0 Å². The SMILES string of the molecule is Cc1cc(Cl)ccc1OCCCNC(=O)Cc1c(C)nn(CC(C)C)c1C. The number of carbonyl (C=O) groups is 1. The van der Waals surface area contributed by atoms with Gasteiger partial charge in [-0.3, -0.25) is 9.48 Å². The summed E-state index contributed by atoms with van der Waals surface area (Å²) < 4.78 is 7.75. The lowest BCUT2D eigenvalue weighted by Crippen LogP contribution is -2.27. The predicted octanol–water partition coefficient (Wildman–Crippen LogP) is 4.25. The van der Waals surface area contributed by atoms with Crippen LogP contribution in [0, 0.1) is 26.7 Å². The molecule has 148 valence electrons. The summed E-state index contributed by atoms with van der Waals surface area (Å²) in [7, 11) is 0. The van der Waals surface area contributed by atoms with Gasteiger partial charge >= 0.3 is 0 Å². The molecule has 27 heavy (non-hydrogen) atoms. The first-order chi connectivity index (χ1) is 12.8. The summed E-state index contributed by atoms with van der Waals surface area (Å²) >= 11 is 5.94. The van der Waals surface area contributed by atoms with Crippen LogP contribution in [0.25, 0.3) is 0 Å². The molecule has 0 bridgehead atoms. The zero-order valence-corrected chi connectivity index (χ0v) is 17.7. The third-order valence-electron chi connectivity index (χ3n) is 4.44. The molecule has 0 fully saturated rings. The van der Waals surface area contributed by atoms with Crippen molar-refractivity contribution >= 4 is 17.5 Å². The van der Waals surface area contributed by atoms with Gasteiger partial charge in [-0.15, -0.1) is 0 Å². The first kappa shape index (κ1) is 21.3. The van der Waals surface area contributed by atoms with Gasteiger partial charge in [0.05, 0.1) is 18.7 Å². The Morgan fingerprint density at radius 3 is 2.70 bits per heavy atom. The molecule has 1 amide bonds. The molecular weight excluding hydrogens is 362 g/mol. The fourth-order valence-electron chi connectivity index (χ4n) is 2.99. The van der Waals surface area contributed by atoms with Gasteiger partial charge in [0.25, 0.3) is 0 Å². The Kier molecular flexibility index (Phi) is 7.72. The first-order valence-corrected chi connectivity index (χ1v) is 9.84. The quantitative estimate of drug-likeness (QED) is 0.650. The number of nitrogens with zero attached hydrogens (tertiary/aromatic N) is 2. The molecule has 0 aliphatic heterocycles. The number of aromatic nitrogens is 2. The number of halogens is 1. The van der Waals surface area contributed by atoms with Crippen molar-refractivity contribution < 1.29 is 9.53 Å². The van der Waals surface area contributed by atoms with Gasteiger partial charge in [-0.1, -0.05) is 25.4 Å². The fourth-order valence-corrected chi connectivity index (χ4v) is 3.22. The molecule has 2 aromatic rings. The third kappa shape index (κ3) is 6.28. The number of hydrogen-bond donors (Lipinski definition) is 1. The van der Waals surface area contributed by atoms with Crippen LogP contribution >= 0.6 is 11.6 Å². The molecule has 0 atom stereocenters. The lowest BCUT2D eigenvalue weighted by molar-refractivity contribution is -0.120. The highest BCUT2D eigenvalue weighted by molar-refractivity contribution is 6.30. The summed E-state index contributed by atoms with van der Waals surface area (Å²) in [5.74, 6) is 1.37. The summed E-state index contributed by atoms with van der Waals surface area (Å²) in [6.07, 6.45) is 1.12. The second-order valence-electron chi connectivity index (χ2n) is 7.36. The Balaban J connectivity index is 1.76. The van der Waals surface area contributed by atoms with Gasteiger partial charge in [0, 0.05) is 29.4 Å². The minimum absolute atomic E-state index is 0.0213. The summed E-state index contributed by atoms with van der Waals surface area (Å²) in [6, 6.07) is 5.56. The summed E-state index contributed by atoms with van der Waals surface area (Å²) in [4.78, 5) is 12.3. The summed E-state index contributed by atoms with van der Waals surface area (Å²) in [5.41, 5.74) is 4.06. The number of aryl methyl sites for hydroxylation is 2. The second-order valence-corrected chi connectivity index (χ2v) is 7.80. The predicted molar refractivity (Wildman–Crippen MR) is 110 cm³/mol. The van der Waals surface area contributed by atoms with Crippen LogP contribution in [0.15, 0.2) is 18.2 Å². The van der Waals surface area contributed by atoms with Crippen molar-refractivity contribution in [2.75, 3.05) is 13.2 Å². The zero-order valence-electron chi connectivity index (χ0n) is 16.9. The lowest BCUT2D eigenvalue weighted by Gasteiger charge is -2.10. The highest BCUT2D eigenvalue weighted by Gasteiger charge is 2.15. The largest absolute Gasteiger partial charge is 0.493 e. The van der Waals surface area contributed by atoms with E-state index in [2.05, 4.69) is 24.3 Å². The van der Waals surface area contributed by atoms with E-state index in [0.29, 0.717) is 30.5 Å². The molecule has 0 spiro atoms. The molecule has 0 aliphatic carbocycles. The average Bonchev–Trinajstić information content (AvgIpc) is 2.83. The number of amides is 1. The number of benzene rings is 1. The second kappa shape index (κ2) is 9.79. The van der Waals surface area contributed by atoms with Crippen LogP contribution in [-0.2, 0) is 17.8 Å². The van der Waals surface area contributed by atoms with E-state index < -0.39 is 0 Å². The molecule has 0 saturated carbocycles. The number of hydrogen-bond acceptors (Lipinski definition) is 3. The molecule has 0 unspecified atom stereocenters. The van der Waals surface area contributed by atoms with Crippen molar-refractivity contribution in [3.8, 4) is 5.75 Å². The Hall–Kier alpha value is -2.01. The maximum Gasteiger partial charge on any atom is 0.224 e. The minimum Gasteiger partial charge on any atom is -0.493 e. The van der Waals surface area contributed by atoms with Crippen LogP contribution in [-0.4, -0.2) is 28.8 Å². The Morgan fingerprint density at radius 2 is 2.04 bits per heavy atom. The van der Waals surface area contributed by atoms with Gasteiger partial charge in [0.15, 0.2) is 0 Å². The zero-order chi connectivity index (χ0) is 20.0. The Bertz CT molecular complexity index is 784. The van der Waals surface area contributed by atoms with E-state index in [1.807, 2.05) is 43.7 Å². The number of rotatable bonds is 9. The van der Waals surface area contributed by atoms with Crippen LogP contribution < -0.4 is 10.1 Å². The average molecular weight is 392 g/mol. The highest BCUT2D eigenvalue weighted by Crippen LogP contribution is 2.21. The topological polar surface area (TPSA) is 56.1 Å². The molecule has 1 N–H and O–H groups in total. The molecule has 5 nitrogen and oxygen atoms in total. The molecule has 1 heterocycles. The maximum absolute atomic E-state index is 12.3. The summed E-state index contributed by atoms with van der Waals surface area (Å²) in [6.45, 7) is 12.3. The van der Waals surface area contributed by atoms with E-state index in [4.69, 9.17) is 16.3 Å². The van der Waals surface area contributed by atoms with Crippen LogP contribution in [0.4, 0.5) is 0 Å². The Morgan fingerprint density at radius 1 is 1.30 bits per heavy atom. The molecule has 0 radical (unpaired) electrons. The van der Waals surface area contributed by atoms with E-state index in [1.165, 1.54) is 0 Å². The van der Waals surface area contributed by atoms with E-state index in [9.17, 15) is 4.79 Å². The van der Waals surface area contributed by atoms with Gasteiger partial charge in [-0.2, -0.15) is 5.10 Å². The number of nitrogens with one attached hydrogen (secondary N) is 1. The van der Waals surface area contributed by atoms with Gasteiger partial charge in [0.1, 0.15) is 5.75 Å². The molecule has 2 rings (SSSR count). The summed E-state index contributed by atoms with van der Waals surface area (Å²) in [5, 5.41) is 8.24. The minimum atomic E-state index is 0.0213. The smallest absolute Gasteiger partial charge is 0.224 e. The van der Waals surface area contributed by atoms with Crippen LogP contribution in [0.5, 0.6) is 5.75 Å². The lowest BCUT2D eigenvalue weighted by atomic mass is 10.1.